The summed E-state index contributed by atoms with van der Waals surface area (Å²) < 4.78 is 32.8. The van der Waals surface area contributed by atoms with E-state index in [4.69, 9.17) is 4.42 Å². The van der Waals surface area contributed by atoms with Crippen molar-refractivity contribution in [3.63, 3.8) is 0 Å². The summed E-state index contributed by atoms with van der Waals surface area (Å²) >= 11 is 1.63. The zero-order valence-corrected chi connectivity index (χ0v) is 19.4. The minimum Gasteiger partial charge on any atom is -0.403 e. The normalized spacial score (nSPS) is 17.2. The Hall–Kier alpha value is -2.69. The highest BCUT2D eigenvalue weighted by atomic mass is 32.2. The molecule has 0 spiro atoms. The molecule has 3 aromatic rings. The molecule has 2 aromatic carbocycles. The predicted octanol–water partition coefficient (Wildman–Crippen LogP) is 4.13. The van der Waals surface area contributed by atoms with E-state index in [0.29, 0.717) is 30.5 Å². The van der Waals surface area contributed by atoms with Gasteiger partial charge in [-0.1, -0.05) is 12.0 Å². The van der Waals surface area contributed by atoms with Gasteiger partial charge < -0.3 is 4.42 Å². The van der Waals surface area contributed by atoms with E-state index in [0.717, 1.165) is 23.3 Å². The van der Waals surface area contributed by atoms with Crippen LogP contribution < -0.4 is 5.32 Å². The van der Waals surface area contributed by atoms with Crippen LogP contribution in [0.3, 0.4) is 0 Å². The van der Waals surface area contributed by atoms with Gasteiger partial charge in [-0.15, -0.1) is 16.9 Å². The first kappa shape index (κ1) is 22.5. The lowest BCUT2D eigenvalue weighted by Gasteiger charge is -2.30. The number of piperidine rings is 1. The first-order valence-corrected chi connectivity index (χ1v) is 12.9. The van der Waals surface area contributed by atoms with Gasteiger partial charge in [0.2, 0.25) is 15.9 Å². The third-order valence-electron chi connectivity index (χ3n) is 5.36. The molecule has 1 N–H and O–H groups in total. The second-order valence-electron chi connectivity index (χ2n) is 7.73. The molecule has 0 radical (unpaired) electrons. The highest BCUT2D eigenvalue weighted by Gasteiger charge is 2.28. The molecular formula is C22H24N4O4S2. The molecule has 32 heavy (non-hydrogen) atoms. The van der Waals surface area contributed by atoms with Crippen molar-refractivity contribution in [3.8, 4) is 11.5 Å². The summed E-state index contributed by atoms with van der Waals surface area (Å²) in [6, 6.07) is 13.5. The molecule has 1 aliphatic rings. The molecular weight excluding hydrogens is 448 g/mol. The summed E-state index contributed by atoms with van der Waals surface area (Å²) in [6.45, 7) is 3.09. The number of carbonyl (C=O) groups excluding carboxylic acids is 1. The number of anilines is 1. The van der Waals surface area contributed by atoms with Gasteiger partial charge in [0.25, 0.3) is 5.91 Å². The van der Waals surface area contributed by atoms with Crippen molar-refractivity contribution in [2.75, 3.05) is 24.7 Å². The van der Waals surface area contributed by atoms with Crippen LogP contribution in [0.4, 0.5) is 6.01 Å². The summed E-state index contributed by atoms with van der Waals surface area (Å²) in [5.74, 6) is 0.171. The van der Waals surface area contributed by atoms with Gasteiger partial charge in [-0.25, -0.2) is 8.42 Å². The van der Waals surface area contributed by atoms with E-state index in [1.807, 2.05) is 30.5 Å². The van der Waals surface area contributed by atoms with Crippen LogP contribution in [0.25, 0.3) is 11.5 Å². The zero-order valence-electron chi connectivity index (χ0n) is 17.8. The van der Waals surface area contributed by atoms with Crippen LogP contribution in [0.2, 0.25) is 0 Å². The van der Waals surface area contributed by atoms with Gasteiger partial charge in [-0.2, -0.15) is 4.31 Å². The van der Waals surface area contributed by atoms with E-state index in [9.17, 15) is 13.2 Å². The van der Waals surface area contributed by atoms with Crippen LogP contribution in [-0.4, -0.2) is 48.2 Å². The third kappa shape index (κ3) is 4.87. The van der Waals surface area contributed by atoms with Crippen molar-refractivity contribution in [3.05, 3.63) is 54.1 Å². The molecule has 8 nitrogen and oxygen atoms in total. The maximum absolute atomic E-state index is 12.9. The monoisotopic (exact) mass is 472 g/mol. The fraction of sp³-hybridized carbons (Fsp3) is 0.318. The summed E-state index contributed by atoms with van der Waals surface area (Å²) in [4.78, 5) is 13.8. The van der Waals surface area contributed by atoms with Crippen LogP contribution in [0.15, 0.2) is 62.7 Å². The Kier molecular flexibility index (Phi) is 6.63. The van der Waals surface area contributed by atoms with Crippen molar-refractivity contribution >= 4 is 33.7 Å². The number of amides is 1. The molecule has 10 heteroatoms. The van der Waals surface area contributed by atoms with E-state index in [2.05, 4.69) is 22.4 Å². The minimum absolute atomic E-state index is 0.0297. The van der Waals surface area contributed by atoms with E-state index in [-0.39, 0.29) is 10.9 Å². The topological polar surface area (TPSA) is 105 Å². The van der Waals surface area contributed by atoms with Gasteiger partial charge >= 0.3 is 6.01 Å². The second-order valence-corrected chi connectivity index (χ2v) is 10.5. The first-order chi connectivity index (χ1) is 15.4. The second kappa shape index (κ2) is 9.43. The molecule has 1 fully saturated rings. The molecule has 1 aromatic heterocycles. The van der Waals surface area contributed by atoms with Crippen LogP contribution in [0.1, 0.15) is 30.1 Å². The number of aromatic nitrogens is 2. The Labute approximate surface area is 191 Å². The summed E-state index contributed by atoms with van der Waals surface area (Å²) in [6.07, 6.45) is 3.88. The van der Waals surface area contributed by atoms with Crippen molar-refractivity contribution in [1.29, 1.82) is 0 Å². The zero-order chi connectivity index (χ0) is 22.7. The van der Waals surface area contributed by atoms with Crippen LogP contribution in [-0.2, 0) is 10.0 Å². The van der Waals surface area contributed by atoms with Gasteiger partial charge in [-0.3, -0.25) is 10.1 Å². The number of benzene rings is 2. The largest absolute Gasteiger partial charge is 0.403 e. The van der Waals surface area contributed by atoms with Crippen LogP contribution >= 0.6 is 11.8 Å². The number of hydrogen-bond acceptors (Lipinski definition) is 7. The highest BCUT2D eigenvalue weighted by Crippen LogP contribution is 2.25. The van der Waals surface area contributed by atoms with E-state index < -0.39 is 15.9 Å². The number of nitrogens with zero attached hydrogens (tertiary/aromatic N) is 3. The van der Waals surface area contributed by atoms with E-state index in [1.165, 1.54) is 28.6 Å². The lowest BCUT2D eigenvalue weighted by molar-refractivity contribution is 0.102. The van der Waals surface area contributed by atoms with Crippen molar-refractivity contribution < 1.29 is 17.6 Å². The smallest absolute Gasteiger partial charge is 0.322 e. The summed E-state index contributed by atoms with van der Waals surface area (Å²) in [7, 11) is -3.57. The molecule has 0 aliphatic carbocycles. The maximum Gasteiger partial charge on any atom is 0.322 e. The predicted molar refractivity (Wildman–Crippen MR) is 123 cm³/mol. The molecule has 0 bridgehead atoms. The van der Waals surface area contributed by atoms with Crippen LogP contribution in [0.5, 0.6) is 0 Å². The summed E-state index contributed by atoms with van der Waals surface area (Å²) in [5, 5.41) is 10.4. The summed E-state index contributed by atoms with van der Waals surface area (Å²) in [5.41, 5.74) is 1.04. The quantitative estimate of drug-likeness (QED) is 0.538. The lowest BCUT2D eigenvalue weighted by Crippen LogP contribution is -2.39. The average Bonchev–Trinajstić information content (AvgIpc) is 3.27. The highest BCUT2D eigenvalue weighted by molar-refractivity contribution is 7.98. The number of nitrogens with one attached hydrogen (secondary N) is 1. The number of rotatable bonds is 6. The Morgan fingerprint density at radius 1 is 1.12 bits per heavy atom. The molecule has 0 saturated carbocycles. The fourth-order valence-corrected chi connectivity index (χ4v) is 5.59. The van der Waals surface area contributed by atoms with Crippen LogP contribution in [0, 0.1) is 5.92 Å². The lowest BCUT2D eigenvalue weighted by atomic mass is 10.0. The molecule has 2 heterocycles. The molecule has 0 unspecified atom stereocenters. The van der Waals surface area contributed by atoms with E-state index in [1.54, 1.807) is 11.8 Å². The molecule has 1 aliphatic heterocycles. The van der Waals surface area contributed by atoms with Gasteiger partial charge in [0.1, 0.15) is 0 Å². The van der Waals surface area contributed by atoms with Crippen molar-refractivity contribution in [1.82, 2.24) is 14.5 Å². The fourth-order valence-electron chi connectivity index (χ4n) is 3.59. The number of thioether (sulfide) groups is 1. The Balaban J connectivity index is 1.43. The number of hydrogen-bond donors (Lipinski definition) is 1. The minimum atomic E-state index is -3.57. The first-order valence-electron chi connectivity index (χ1n) is 10.3. The Bertz CT molecular complexity index is 1190. The Morgan fingerprint density at radius 3 is 2.50 bits per heavy atom. The Morgan fingerprint density at radius 2 is 1.84 bits per heavy atom. The van der Waals surface area contributed by atoms with Crippen molar-refractivity contribution in [2.24, 2.45) is 5.92 Å². The van der Waals surface area contributed by atoms with Crippen molar-refractivity contribution in [2.45, 2.75) is 29.6 Å². The van der Waals surface area contributed by atoms with Gasteiger partial charge in [0.05, 0.1) is 4.90 Å². The molecule has 168 valence electrons. The SMILES string of the molecule is CSc1ccc(-c2nnc(NC(=O)c3ccc(S(=O)(=O)N4CCC[C@@H](C)C4)cc3)o2)cc1. The van der Waals surface area contributed by atoms with E-state index >= 15 is 0 Å². The van der Waals surface area contributed by atoms with Gasteiger partial charge in [0, 0.05) is 29.1 Å². The number of carbonyl (C=O) groups is 1. The molecule has 1 saturated heterocycles. The molecule has 1 atom stereocenters. The molecule has 4 rings (SSSR count). The third-order valence-corrected chi connectivity index (χ3v) is 7.98. The average molecular weight is 473 g/mol. The van der Waals surface area contributed by atoms with Gasteiger partial charge in [-0.05, 0) is 73.5 Å². The number of sulfonamides is 1. The van der Waals surface area contributed by atoms with Gasteiger partial charge in [0.15, 0.2) is 0 Å². The maximum atomic E-state index is 12.9. The molecule has 1 amide bonds. The standard InChI is InChI=1S/C22H24N4O4S2/c1-15-4-3-13-26(14-15)32(28,29)19-11-7-16(8-12-19)20(27)23-22-25-24-21(30-22)17-5-9-18(31-2)10-6-17/h5-12,15H,3-4,13-14H2,1-2H3,(H,23,25,27)/t15-/m1/s1.